The monoisotopic (exact) mass is 273 g/mol. The smallest absolute Gasteiger partial charge is 0.407 e. The summed E-state index contributed by atoms with van der Waals surface area (Å²) in [5.74, 6) is -0.300. The number of hydrogen-bond donors (Lipinski definition) is 1. The van der Waals surface area contributed by atoms with Crippen LogP contribution in [0.4, 0.5) is 13.6 Å². The average molecular weight is 273 g/mol. The fourth-order valence-corrected chi connectivity index (χ4v) is 1.40. The van der Waals surface area contributed by atoms with E-state index in [1.807, 2.05) is 6.07 Å². The number of carbonyl (C=O) groups is 1. The Morgan fingerprint density at radius 1 is 1.26 bits per heavy atom. The summed E-state index contributed by atoms with van der Waals surface area (Å²) in [5, 5.41) is 2.58. The zero-order valence-electron chi connectivity index (χ0n) is 12.0. The number of hydrogen-bond acceptors (Lipinski definition) is 2. The second kappa shape index (κ2) is 7.71. The van der Waals surface area contributed by atoms with Crippen LogP contribution in [0.5, 0.6) is 0 Å². The molecule has 0 saturated heterocycles. The molecule has 0 radical (unpaired) electrons. The molecule has 0 spiro atoms. The Kier molecular flexibility index (Phi) is 7.04. The first-order chi connectivity index (χ1) is 8.76. The minimum Gasteiger partial charge on any atom is -0.444 e. The SMILES string of the molecule is CF.Cc1cc(F)cc(CNC(=O)OC(C)(C)C)c1. The largest absolute Gasteiger partial charge is 0.444 e. The summed E-state index contributed by atoms with van der Waals surface area (Å²) in [7, 11) is 0.500. The van der Waals surface area contributed by atoms with E-state index in [0.717, 1.165) is 5.56 Å². The Hall–Kier alpha value is -1.65. The highest BCUT2D eigenvalue weighted by Crippen LogP contribution is 2.09. The molecule has 0 bridgehead atoms. The van der Waals surface area contributed by atoms with E-state index in [0.29, 0.717) is 12.7 Å². The lowest BCUT2D eigenvalue weighted by atomic mass is 10.1. The van der Waals surface area contributed by atoms with Crippen LogP contribution in [0.15, 0.2) is 18.2 Å². The van der Waals surface area contributed by atoms with Gasteiger partial charge in [-0.25, -0.2) is 9.18 Å². The Morgan fingerprint density at radius 3 is 2.32 bits per heavy atom. The van der Waals surface area contributed by atoms with Gasteiger partial charge in [0, 0.05) is 6.54 Å². The number of nitrogens with one attached hydrogen (secondary N) is 1. The Labute approximate surface area is 113 Å². The highest BCUT2D eigenvalue weighted by Gasteiger charge is 2.15. The van der Waals surface area contributed by atoms with Gasteiger partial charge < -0.3 is 10.1 Å². The second-order valence-corrected chi connectivity index (χ2v) is 4.99. The maximum atomic E-state index is 13.1. The third-order valence-corrected chi connectivity index (χ3v) is 1.94. The van der Waals surface area contributed by atoms with E-state index in [-0.39, 0.29) is 12.4 Å². The third-order valence-electron chi connectivity index (χ3n) is 1.94. The van der Waals surface area contributed by atoms with E-state index in [2.05, 4.69) is 5.32 Å². The summed E-state index contributed by atoms with van der Waals surface area (Å²) in [6, 6.07) is 4.65. The molecule has 3 nitrogen and oxygen atoms in total. The molecule has 0 fully saturated rings. The van der Waals surface area contributed by atoms with Crippen LogP contribution in [-0.4, -0.2) is 18.9 Å². The molecule has 0 aliphatic rings. The molecule has 0 aromatic heterocycles. The predicted octanol–water partition coefficient (Wildman–Crippen LogP) is 3.74. The summed E-state index contributed by atoms with van der Waals surface area (Å²) in [6.07, 6.45) is -0.501. The standard InChI is InChI=1S/C13H18FNO2.CH3F/c1-9-5-10(7-11(14)6-9)8-15-12(16)17-13(2,3)4;1-2/h5-7H,8H2,1-4H3,(H,15,16);1H3. The zero-order valence-corrected chi connectivity index (χ0v) is 12.0. The molecule has 1 rings (SSSR count). The van der Waals surface area contributed by atoms with Gasteiger partial charge >= 0.3 is 6.09 Å². The first-order valence-corrected chi connectivity index (χ1v) is 5.87. The van der Waals surface area contributed by atoms with Crippen molar-refractivity contribution in [2.24, 2.45) is 0 Å². The first kappa shape index (κ1) is 17.4. The van der Waals surface area contributed by atoms with Crippen LogP contribution in [0.3, 0.4) is 0 Å². The quantitative estimate of drug-likeness (QED) is 0.891. The van der Waals surface area contributed by atoms with Crippen molar-refractivity contribution < 1.29 is 18.3 Å². The summed E-state index contributed by atoms with van der Waals surface area (Å²) in [5.41, 5.74) is 1.02. The molecule has 0 atom stereocenters. The van der Waals surface area contributed by atoms with Gasteiger partial charge in [0.25, 0.3) is 0 Å². The van der Waals surface area contributed by atoms with Crippen molar-refractivity contribution >= 4 is 6.09 Å². The molecule has 19 heavy (non-hydrogen) atoms. The highest BCUT2D eigenvalue weighted by atomic mass is 19.1. The minimum atomic E-state index is -0.526. The molecule has 0 unspecified atom stereocenters. The second-order valence-electron chi connectivity index (χ2n) is 4.99. The van der Waals surface area contributed by atoms with Gasteiger partial charge in [-0.1, -0.05) is 6.07 Å². The van der Waals surface area contributed by atoms with Crippen molar-refractivity contribution in [3.63, 3.8) is 0 Å². The van der Waals surface area contributed by atoms with Crippen molar-refractivity contribution in [1.82, 2.24) is 5.32 Å². The Bertz CT molecular complexity index is 394. The number of halogens is 2. The number of alkyl halides is 1. The lowest BCUT2D eigenvalue weighted by molar-refractivity contribution is 0.0523. The van der Waals surface area contributed by atoms with Crippen LogP contribution in [0.25, 0.3) is 0 Å². The van der Waals surface area contributed by atoms with E-state index in [1.165, 1.54) is 12.1 Å². The molecule has 0 saturated carbocycles. The van der Waals surface area contributed by atoms with Crippen LogP contribution < -0.4 is 5.32 Å². The van der Waals surface area contributed by atoms with Gasteiger partial charge in [-0.3, -0.25) is 4.39 Å². The number of benzene rings is 1. The average Bonchev–Trinajstić information content (AvgIpc) is 2.25. The molecule has 1 aromatic carbocycles. The molecule has 0 heterocycles. The fraction of sp³-hybridized carbons (Fsp3) is 0.500. The van der Waals surface area contributed by atoms with Crippen molar-refractivity contribution in [2.75, 3.05) is 7.18 Å². The molecule has 0 aliphatic carbocycles. The summed E-state index contributed by atoms with van der Waals surface area (Å²) >= 11 is 0. The number of rotatable bonds is 2. The zero-order chi connectivity index (χ0) is 15.1. The van der Waals surface area contributed by atoms with Gasteiger partial charge in [0.05, 0.1) is 7.18 Å². The van der Waals surface area contributed by atoms with Crippen LogP contribution in [0, 0.1) is 12.7 Å². The van der Waals surface area contributed by atoms with E-state index in [9.17, 15) is 13.6 Å². The molecule has 1 amide bonds. The van der Waals surface area contributed by atoms with Crippen molar-refractivity contribution in [3.8, 4) is 0 Å². The van der Waals surface area contributed by atoms with Gasteiger partial charge in [-0.15, -0.1) is 0 Å². The van der Waals surface area contributed by atoms with Gasteiger partial charge in [0.15, 0.2) is 0 Å². The van der Waals surface area contributed by atoms with Crippen molar-refractivity contribution in [3.05, 3.63) is 35.1 Å². The normalized spacial score (nSPS) is 10.3. The molecule has 1 aromatic rings. The van der Waals surface area contributed by atoms with Gasteiger partial charge in [0.1, 0.15) is 11.4 Å². The minimum absolute atomic E-state index is 0.257. The van der Waals surface area contributed by atoms with E-state index >= 15 is 0 Å². The number of aryl methyl sites for hydroxylation is 1. The summed E-state index contributed by atoms with van der Waals surface area (Å²) < 4.78 is 27.7. The molecule has 1 N–H and O–H groups in total. The molecular formula is C14H21F2NO2. The maximum absolute atomic E-state index is 13.1. The lowest BCUT2D eigenvalue weighted by Gasteiger charge is -2.19. The van der Waals surface area contributed by atoms with E-state index in [4.69, 9.17) is 4.74 Å². The summed E-state index contributed by atoms with van der Waals surface area (Å²) in [4.78, 5) is 11.4. The third kappa shape index (κ3) is 8.13. The number of alkyl carbamates (subject to hydrolysis) is 1. The predicted molar refractivity (Wildman–Crippen MR) is 71.2 cm³/mol. The van der Waals surface area contributed by atoms with Crippen LogP contribution in [-0.2, 0) is 11.3 Å². The topological polar surface area (TPSA) is 38.3 Å². The fourth-order valence-electron chi connectivity index (χ4n) is 1.40. The van der Waals surface area contributed by atoms with Crippen LogP contribution in [0.2, 0.25) is 0 Å². The van der Waals surface area contributed by atoms with Crippen molar-refractivity contribution in [1.29, 1.82) is 0 Å². The molecule has 108 valence electrons. The molecule has 5 heteroatoms. The Morgan fingerprint density at radius 2 is 1.84 bits per heavy atom. The van der Waals surface area contributed by atoms with Gasteiger partial charge in [0.2, 0.25) is 0 Å². The highest BCUT2D eigenvalue weighted by molar-refractivity contribution is 5.67. The Balaban J connectivity index is 0.00000154. The van der Waals surface area contributed by atoms with Crippen LogP contribution in [0.1, 0.15) is 31.9 Å². The first-order valence-electron chi connectivity index (χ1n) is 5.87. The van der Waals surface area contributed by atoms with Crippen molar-refractivity contribution in [2.45, 2.75) is 39.8 Å². The van der Waals surface area contributed by atoms with Crippen LogP contribution >= 0.6 is 0 Å². The summed E-state index contributed by atoms with van der Waals surface area (Å²) in [6.45, 7) is 7.43. The molecular weight excluding hydrogens is 252 g/mol. The van der Waals surface area contributed by atoms with E-state index in [1.54, 1.807) is 27.7 Å². The maximum Gasteiger partial charge on any atom is 0.407 e. The lowest BCUT2D eigenvalue weighted by Crippen LogP contribution is -2.32. The molecule has 0 aliphatic heterocycles. The van der Waals surface area contributed by atoms with Gasteiger partial charge in [-0.2, -0.15) is 0 Å². The number of carbonyl (C=O) groups excluding carboxylic acids is 1. The number of amides is 1. The number of ether oxygens (including phenoxy) is 1. The van der Waals surface area contributed by atoms with Gasteiger partial charge in [-0.05, 0) is 51.0 Å². The van der Waals surface area contributed by atoms with E-state index < -0.39 is 11.7 Å².